The van der Waals surface area contributed by atoms with Crippen LogP contribution >= 0.6 is 11.6 Å². The zero-order chi connectivity index (χ0) is 21.7. The van der Waals surface area contributed by atoms with Gasteiger partial charge in [0, 0.05) is 11.3 Å². The lowest BCUT2D eigenvalue weighted by atomic mass is 10.1. The first-order valence-electron chi connectivity index (χ1n) is 8.53. The quantitative estimate of drug-likeness (QED) is 0.335. The summed E-state index contributed by atoms with van der Waals surface area (Å²) < 4.78 is 15.2. The van der Waals surface area contributed by atoms with Crippen LogP contribution in [-0.4, -0.2) is 23.9 Å². The Bertz CT molecular complexity index is 1080. The number of amides is 1. The molecule has 10 heteroatoms. The monoisotopic (exact) mass is 430 g/mol. The maximum absolute atomic E-state index is 12.9. The molecule has 0 bridgehead atoms. The Morgan fingerprint density at radius 3 is 2.47 bits per heavy atom. The van der Waals surface area contributed by atoms with E-state index in [0.717, 1.165) is 12.1 Å². The number of hydrogen-bond acceptors (Lipinski definition) is 7. The van der Waals surface area contributed by atoms with Crippen molar-refractivity contribution in [1.29, 1.82) is 0 Å². The molecule has 0 aliphatic heterocycles. The summed E-state index contributed by atoms with van der Waals surface area (Å²) in [5, 5.41) is 13.6. The molecule has 1 atom stereocenters. The van der Waals surface area contributed by atoms with Crippen LogP contribution in [0.2, 0.25) is 5.02 Å². The van der Waals surface area contributed by atoms with Crippen LogP contribution in [0.3, 0.4) is 0 Å². The normalized spacial score (nSPS) is 11.4. The highest BCUT2D eigenvalue weighted by atomic mass is 35.5. The van der Waals surface area contributed by atoms with E-state index in [4.69, 9.17) is 25.5 Å². The minimum absolute atomic E-state index is 0.284. The molecule has 1 amide bonds. The second kappa shape index (κ2) is 9.10. The summed E-state index contributed by atoms with van der Waals surface area (Å²) in [7, 11) is 1.46. The van der Waals surface area contributed by atoms with E-state index in [9.17, 15) is 19.7 Å². The molecule has 1 N–H and O–H groups in total. The van der Waals surface area contributed by atoms with Crippen LogP contribution in [0.15, 0.2) is 65.1 Å². The van der Waals surface area contributed by atoms with Crippen LogP contribution in [0, 0.1) is 10.1 Å². The van der Waals surface area contributed by atoms with Gasteiger partial charge >= 0.3 is 11.9 Å². The standard InChI is InChI=1S/C20H15ClN2O7/c1-28-15-8-7-13(11-14(15)21)22-19(24)18(12-5-3-2-4-6-12)30-20(25)16-9-10-17(29-16)23(26)27/h2-11,18H,1H3,(H,22,24)/t18-/m1/s1. The average molecular weight is 431 g/mol. The summed E-state index contributed by atoms with van der Waals surface area (Å²) in [4.78, 5) is 35.2. The van der Waals surface area contributed by atoms with Gasteiger partial charge < -0.3 is 19.2 Å². The van der Waals surface area contributed by atoms with Gasteiger partial charge in [-0.25, -0.2) is 4.79 Å². The molecule has 3 rings (SSSR count). The van der Waals surface area contributed by atoms with Crippen molar-refractivity contribution in [2.45, 2.75) is 6.10 Å². The van der Waals surface area contributed by atoms with E-state index >= 15 is 0 Å². The highest BCUT2D eigenvalue weighted by molar-refractivity contribution is 6.32. The predicted octanol–water partition coefficient (Wildman–Crippen LogP) is 4.39. The molecule has 0 unspecified atom stereocenters. The summed E-state index contributed by atoms with van der Waals surface area (Å²) >= 11 is 6.07. The van der Waals surface area contributed by atoms with Gasteiger partial charge in [-0.1, -0.05) is 41.9 Å². The van der Waals surface area contributed by atoms with Gasteiger partial charge in [-0.3, -0.25) is 14.9 Å². The summed E-state index contributed by atoms with van der Waals surface area (Å²) in [5.74, 6) is -2.27. The second-order valence-electron chi connectivity index (χ2n) is 5.93. The van der Waals surface area contributed by atoms with E-state index in [-0.39, 0.29) is 5.02 Å². The zero-order valence-electron chi connectivity index (χ0n) is 15.5. The fourth-order valence-corrected chi connectivity index (χ4v) is 2.81. The first kappa shape index (κ1) is 20.9. The molecule has 1 aromatic heterocycles. The van der Waals surface area contributed by atoms with Gasteiger partial charge in [0.15, 0.2) is 0 Å². The molecular weight excluding hydrogens is 416 g/mol. The number of carbonyl (C=O) groups excluding carboxylic acids is 2. The van der Waals surface area contributed by atoms with E-state index in [0.29, 0.717) is 17.0 Å². The fourth-order valence-electron chi connectivity index (χ4n) is 2.55. The number of halogens is 1. The number of nitrogens with zero attached hydrogens (tertiary/aromatic N) is 1. The molecule has 0 aliphatic rings. The number of hydrogen-bond donors (Lipinski definition) is 1. The van der Waals surface area contributed by atoms with E-state index < -0.39 is 34.5 Å². The Kier molecular flexibility index (Phi) is 6.33. The third kappa shape index (κ3) is 4.76. The van der Waals surface area contributed by atoms with Crippen LogP contribution < -0.4 is 10.1 Å². The Hall–Kier alpha value is -3.85. The van der Waals surface area contributed by atoms with Crippen molar-refractivity contribution in [2.75, 3.05) is 12.4 Å². The maximum atomic E-state index is 12.9. The van der Waals surface area contributed by atoms with Crippen molar-refractivity contribution < 1.29 is 28.4 Å². The van der Waals surface area contributed by atoms with Crippen LogP contribution in [0.25, 0.3) is 0 Å². The Morgan fingerprint density at radius 1 is 1.13 bits per heavy atom. The summed E-state index contributed by atoms with van der Waals surface area (Å²) in [6.45, 7) is 0. The Balaban J connectivity index is 1.83. The van der Waals surface area contributed by atoms with Gasteiger partial charge in [-0.2, -0.15) is 0 Å². The van der Waals surface area contributed by atoms with Gasteiger partial charge in [0.25, 0.3) is 5.91 Å². The molecule has 0 fully saturated rings. The van der Waals surface area contributed by atoms with Crippen molar-refractivity contribution in [2.24, 2.45) is 0 Å². The molecule has 154 valence electrons. The number of anilines is 1. The highest BCUT2D eigenvalue weighted by Crippen LogP contribution is 2.29. The number of benzene rings is 2. The third-order valence-corrected chi connectivity index (χ3v) is 4.25. The second-order valence-corrected chi connectivity index (χ2v) is 6.34. The first-order valence-corrected chi connectivity index (χ1v) is 8.91. The van der Waals surface area contributed by atoms with Crippen molar-refractivity contribution >= 4 is 35.0 Å². The SMILES string of the molecule is COc1ccc(NC(=O)[C@H](OC(=O)c2ccc([N+](=O)[O-])o2)c2ccccc2)cc1Cl. The minimum Gasteiger partial charge on any atom is -0.495 e. The molecule has 0 saturated heterocycles. The van der Waals surface area contributed by atoms with Crippen molar-refractivity contribution in [3.05, 3.63) is 87.1 Å². The van der Waals surface area contributed by atoms with Crippen molar-refractivity contribution in [1.82, 2.24) is 0 Å². The average Bonchev–Trinajstić information content (AvgIpc) is 3.23. The number of nitrogens with one attached hydrogen (secondary N) is 1. The summed E-state index contributed by atoms with van der Waals surface area (Å²) in [6.07, 6.45) is -1.34. The van der Waals surface area contributed by atoms with Gasteiger partial charge in [-0.05, 0) is 24.3 Å². The number of esters is 1. The number of nitro groups is 1. The lowest BCUT2D eigenvalue weighted by Crippen LogP contribution is -2.25. The van der Waals surface area contributed by atoms with Gasteiger partial charge in [0.2, 0.25) is 11.9 Å². The van der Waals surface area contributed by atoms with Crippen LogP contribution in [0.4, 0.5) is 11.6 Å². The Labute approximate surface area is 175 Å². The number of ether oxygens (including phenoxy) is 2. The number of furan rings is 1. The van der Waals surface area contributed by atoms with Gasteiger partial charge in [0.05, 0.1) is 18.2 Å². The van der Waals surface area contributed by atoms with Crippen molar-refractivity contribution in [3.8, 4) is 5.75 Å². The summed E-state index contributed by atoms with van der Waals surface area (Å²) in [6, 6.07) is 15.0. The zero-order valence-corrected chi connectivity index (χ0v) is 16.3. The largest absolute Gasteiger partial charge is 0.495 e. The molecule has 30 heavy (non-hydrogen) atoms. The van der Waals surface area contributed by atoms with Gasteiger partial charge in [-0.15, -0.1) is 0 Å². The first-order chi connectivity index (χ1) is 14.4. The maximum Gasteiger partial charge on any atom is 0.433 e. The molecule has 0 spiro atoms. The number of rotatable bonds is 7. The highest BCUT2D eigenvalue weighted by Gasteiger charge is 2.28. The minimum atomic E-state index is -1.34. The lowest BCUT2D eigenvalue weighted by Gasteiger charge is -2.18. The predicted molar refractivity (Wildman–Crippen MR) is 107 cm³/mol. The topological polar surface area (TPSA) is 121 Å². The molecule has 3 aromatic rings. The molecule has 0 radical (unpaired) electrons. The molecular formula is C20H15ClN2O7. The van der Waals surface area contributed by atoms with E-state index in [1.54, 1.807) is 42.5 Å². The van der Waals surface area contributed by atoms with Crippen molar-refractivity contribution in [3.63, 3.8) is 0 Å². The molecule has 0 aliphatic carbocycles. The Morgan fingerprint density at radius 2 is 1.87 bits per heavy atom. The van der Waals surface area contributed by atoms with E-state index in [1.807, 2.05) is 0 Å². The van der Waals surface area contributed by atoms with E-state index in [2.05, 4.69) is 5.32 Å². The van der Waals surface area contributed by atoms with Gasteiger partial charge in [0.1, 0.15) is 10.7 Å². The molecule has 9 nitrogen and oxygen atoms in total. The number of carbonyl (C=O) groups is 2. The van der Waals surface area contributed by atoms with Crippen LogP contribution in [-0.2, 0) is 9.53 Å². The lowest BCUT2D eigenvalue weighted by molar-refractivity contribution is -0.402. The molecule has 1 heterocycles. The summed E-state index contributed by atoms with van der Waals surface area (Å²) in [5.41, 5.74) is 0.750. The molecule has 0 saturated carbocycles. The smallest absolute Gasteiger partial charge is 0.433 e. The molecule has 2 aromatic carbocycles. The van der Waals surface area contributed by atoms with E-state index in [1.165, 1.54) is 13.2 Å². The fraction of sp³-hybridized carbons (Fsp3) is 0.100. The third-order valence-electron chi connectivity index (χ3n) is 3.96. The van der Waals surface area contributed by atoms with Crippen LogP contribution in [0.5, 0.6) is 5.75 Å². The van der Waals surface area contributed by atoms with Crippen LogP contribution in [0.1, 0.15) is 22.2 Å². The number of methoxy groups -OCH3 is 1.